The average molecular weight is 365 g/mol. The van der Waals surface area contributed by atoms with Crippen molar-refractivity contribution in [2.45, 2.75) is 0 Å². The zero-order valence-electron chi connectivity index (χ0n) is 15.2. The van der Waals surface area contributed by atoms with Gasteiger partial charge >= 0.3 is 0 Å². The van der Waals surface area contributed by atoms with E-state index in [0.29, 0.717) is 22.8 Å². The number of carbonyl (C=O) groups is 1. The first-order chi connectivity index (χ1) is 13.7. The van der Waals surface area contributed by atoms with Crippen molar-refractivity contribution in [1.82, 2.24) is 0 Å². The summed E-state index contributed by atoms with van der Waals surface area (Å²) in [5.41, 5.74) is 8.93. The van der Waals surface area contributed by atoms with Crippen LogP contribution in [0.15, 0.2) is 102 Å². The Morgan fingerprint density at radius 1 is 0.786 bits per heavy atom. The molecule has 0 aromatic heterocycles. The van der Waals surface area contributed by atoms with Gasteiger partial charge in [0.25, 0.3) is 5.91 Å². The van der Waals surface area contributed by atoms with Crippen LogP contribution in [-0.2, 0) is 0 Å². The zero-order valence-corrected chi connectivity index (χ0v) is 15.2. The van der Waals surface area contributed by atoms with E-state index in [1.807, 2.05) is 91.0 Å². The first kappa shape index (κ1) is 17.5. The highest BCUT2D eigenvalue weighted by molar-refractivity contribution is 6.13. The largest absolute Gasteiger partial charge is 0.383 e. The molecule has 0 atom stereocenters. The highest BCUT2D eigenvalue weighted by atomic mass is 16.1. The SMILES string of the molecule is NC(=Nc1cccc(NC(=O)c2cccc3ccccc23)c1)c1ccccc1. The second-order valence-corrected chi connectivity index (χ2v) is 6.39. The van der Waals surface area contributed by atoms with E-state index < -0.39 is 0 Å². The molecule has 0 unspecified atom stereocenters. The number of nitrogens with zero attached hydrogens (tertiary/aromatic N) is 1. The molecule has 1 amide bonds. The lowest BCUT2D eigenvalue weighted by Crippen LogP contribution is -2.13. The molecular formula is C24H19N3O. The minimum atomic E-state index is -0.158. The van der Waals surface area contributed by atoms with Crippen LogP contribution in [0.25, 0.3) is 10.8 Å². The topological polar surface area (TPSA) is 67.5 Å². The molecule has 4 heteroatoms. The van der Waals surface area contributed by atoms with E-state index in [9.17, 15) is 4.79 Å². The van der Waals surface area contributed by atoms with Gasteiger partial charge in [-0.15, -0.1) is 0 Å². The number of amidine groups is 1. The quantitative estimate of drug-likeness (QED) is 0.389. The molecule has 0 radical (unpaired) electrons. The number of hydrogen-bond acceptors (Lipinski definition) is 2. The highest BCUT2D eigenvalue weighted by Crippen LogP contribution is 2.22. The third-order valence-corrected chi connectivity index (χ3v) is 4.46. The van der Waals surface area contributed by atoms with Crippen LogP contribution in [0.5, 0.6) is 0 Å². The van der Waals surface area contributed by atoms with Gasteiger partial charge in [-0.1, -0.05) is 72.8 Å². The Balaban J connectivity index is 1.59. The summed E-state index contributed by atoms with van der Waals surface area (Å²) in [4.78, 5) is 17.3. The maximum atomic E-state index is 12.8. The Labute approximate surface area is 163 Å². The van der Waals surface area contributed by atoms with Crippen molar-refractivity contribution >= 4 is 33.9 Å². The fourth-order valence-electron chi connectivity index (χ4n) is 3.09. The molecule has 4 aromatic carbocycles. The number of benzene rings is 4. The van der Waals surface area contributed by atoms with Crippen molar-refractivity contribution in [3.63, 3.8) is 0 Å². The molecule has 0 fully saturated rings. The molecule has 4 aromatic rings. The molecule has 0 aliphatic carbocycles. The number of rotatable bonds is 4. The van der Waals surface area contributed by atoms with E-state index in [4.69, 9.17) is 5.73 Å². The smallest absolute Gasteiger partial charge is 0.256 e. The zero-order chi connectivity index (χ0) is 19.3. The molecule has 0 spiro atoms. The molecule has 28 heavy (non-hydrogen) atoms. The van der Waals surface area contributed by atoms with Crippen molar-refractivity contribution in [1.29, 1.82) is 0 Å². The Kier molecular flexibility index (Phi) is 4.85. The lowest BCUT2D eigenvalue weighted by Gasteiger charge is -2.09. The van der Waals surface area contributed by atoms with Gasteiger partial charge in [0.05, 0.1) is 5.69 Å². The number of aliphatic imine (C=N–C) groups is 1. The molecule has 0 saturated carbocycles. The van der Waals surface area contributed by atoms with E-state index in [2.05, 4.69) is 10.3 Å². The van der Waals surface area contributed by atoms with Gasteiger partial charge in [-0.2, -0.15) is 0 Å². The van der Waals surface area contributed by atoms with Crippen LogP contribution in [0.3, 0.4) is 0 Å². The second kappa shape index (κ2) is 7.76. The summed E-state index contributed by atoms with van der Waals surface area (Å²) in [5, 5.41) is 4.91. The number of amides is 1. The number of nitrogens with two attached hydrogens (primary N) is 1. The van der Waals surface area contributed by atoms with Gasteiger partial charge in [0, 0.05) is 16.8 Å². The first-order valence-corrected chi connectivity index (χ1v) is 8.99. The number of hydrogen-bond donors (Lipinski definition) is 2. The lowest BCUT2D eigenvalue weighted by atomic mass is 10.0. The van der Waals surface area contributed by atoms with Crippen molar-refractivity contribution in [3.8, 4) is 0 Å². The summed E-state index contributed by atoms with van der Waals surface area (Å²) in [6.45, 7) is 0. The minimum Gasteiger partial charge on any atom is -0.383 e. The Morgan fingerprint density at radius 2 is 1.50 bits per heavy atom. The Bertz CT molecular complexity index is 1160. The summed E-state index contributed by atoms with van der Waals surface area (Å²) >= 11 is 0. The predicted molar refractivity (Wildman–Crippen MR) is 115 cm³/mol. The van der Waals surface area contributed by atoms with Crippen molar-refractivity contribution in [2.24, 2.45) is 10.7 Å². The van der Waals surface area contributed by atoms with Gasteiger partial charge in [-0.25, -0.2) is 4.99 Å². The molecule has 4 nitrogen and oxygen atoms in total. The third kappa shape index (κ3) is 3.76. The summed E-state index contributed by atoms with van der Waals surface area (Å²) in [6, 6.07) is 30.5. The fourth-order valence-corrected chi connectivity index (χ4v) is 3.09. The van der Waals surface area contributed by atoms with E-state index in [0.717, 1.165) is 16.3 Å². The molecule has 4 rings (SSSR count). The van der Waals surface area contributed by atoms with Gasteiger partial charge in [0.1, 0.15) is 5.84 Å². The molecule has 0 heterocycles. The van der Waals surface area contributed by atoms with E-state index >= 15 is 0 Å². The second-order valence-electron chi connectivity index (χ2n) is 6.39. The van der Waals surface area contributed by atoms with Crippen molar-refractivity contribution < 1.29 is 4.79 Å². The van der Waals surface area contributed by atoms with Crippen LogP contribution in [0.2, 0.25) is 0 Å². The normalized spacial score (nSPS) is 11.4. The molecule has 136 valence electrons. The van der Waals surface area contributed by atoms with Gasteiger partial charge < -0.3 is 11.1 Å². The van der Waals surface area contributed by atoms with Crippen molar-refractivity contribution in [2.75, 3.05) is 5.32 Å². The standard InChI is InChI=1S/C24H19N3O/c25-23(18-9-2-1-3-10-18)26-19-12-7-13-20(16-19)27-24(28)22-15-6-11-17-8-4-5-14-21(17)22/h1-16H,(H2,25,26)(H,27,28). The van der Waals surface area contributed by atoms with Crippen LogP contribution in [0, 0.1) is 0 Å². The third-order valence-electron chi connectivity index (χ3n) is 4.46. The summed E-state index contributed by atoms with van der Waals surface area (Å²) < 4.78 is 0. The number of nitrogens with one attached hydrogen (secondary N) is 1. The minimum absolute atomic E-state index is 0.158. The molecular weight excluding hydrogens is 346 g/mol. The molecule has 0 aliphatic rings. The number of fused-ring (bicyclic) bond motifs is 1. The number of anilines is 1. The fraction of sp³-hybridized carbons (Fsp3) is 0. The lowest BCUT2D eigenvalue weighted by molar-refractivity contribution is 0.102. The maximum Gasteiger partial charge on any atom is 0.256 e. The van der Waals surface area contributed by atoms with E-state index in [1.165, 1.54) is 0 Å². The molecule has 0 aliphatic heterocycles. The van der Waals surface area contributed by atoms with Crippen LogP contribution in [0.1, 0.15) is 15.9 Å². The van der Waals surface area contributed by atoms with Crippen molar-refractivity contribution in [3.05, 3.63) is 108 Å². The first-order valence-electron chi connectivity index (χ1n) is 8.99. The summed E-state index contributed by atoms with van der Waals surface area (Å²) in [6.07, 6.45) is 0. The van der Waals surface area contributed by atoms with Crippen LogP contribution < -0.4 is 11.1 Å². The Hall–Kier alpha value is -3.92. The summed E-state index contributed by atoms with van der Waals surface area (Å²) in [5.74, 6) is 0.270. The highest BCUT2D eigenvalue weighted by Gasteiger charge is 2.10. The van der Waals surface area contributed by atoms with Crippen LogP contribution in [-0.4, -0.2) is 11.7 Å². The van der Waals surface area contributed by atoms with E-state index in [-0.39, 0.29) is 5.91 Å². The monoisotopic (exact) mass is 365 g/mol. The molecule has 0 saturated heterocycles. The van der Waals surface area contributed by atoms with Gasteiger partial charge in [-0.05, 0) is 35.0 Å². The molecule has 3 N–H and O–H groups in total. The average Bonchev–Trinajstić information content (AvgIpc) is 2.74. The van der Waals surface area contributed by atoms with E-state index in [1.54, 1.807) is 6.07 Å². The van der Waals surface area contributed by atoms with Crippen LogP contribution >= 0.6 is 0 Å². The summed E-state index contributed by atoms with van der Waals surface area (Å²) in [7, 11) is 0. The Morgan fingerprint density at radius 3 is 2.36 bits per heavy atom. The molecule has 0 bridgehead atoms. The van der Waals surface area contributed by atoms with Crippen LogP contribution in [0.4, 0.5) is 11.4 Å². The van der Waals surface area contributed by atoms with Gasteiger partial charge in [-0.3, -0.25) is 4.79 Å². The van der Waals surface area contributed by atoms with Gasteiger partial charge in [0.2, 0.25) is 0 Å². The number of carbonyl (C=O) groups excluding carboxylic acids is 1. The maximum absolute atomic E-state index is 12.8. The predicted octanol–water partition coefficient (Wildman–Crippen LogP) is 5.13. The van der Waals surface area contributed by atoms with Gasteiger partial charge in [0.15, 0.2) is 0 Å².